The van der Waals surface area contributed by atoms with Crippen molar-refractivity contribution in [2.45, 2.75) is 0 Å². The molecule has 0 atom stereocenters. The summed E-state index contributed by atoms with van der Waals surface area (Å²) in [5, 5.41) is 2.80. The molecule has 4 nitrogen and oxygen atoms in total. The smallest absolute Gasteiger partial charge is 0.162 e. The summed E-state index contributed by atoms with van der Waals surface area (Å²) in [4.78, 5) is 8.67. The second kappa shape index (κ2) is 8.58. The summed E-state index contributed by atoms with van der Waals surface area (Å²) >= 11 is 0. The standard InChI is InChI=1S/C26H14N2O2/c1-29-25-17-21-12-11-20-9-6-15-27-23(20)10-4-3-7-19-8-5-16-28-24(19)14-13-22(21)18-26(25)30-2/h5-6,8-9,15-18H,1-2H3. The molecule has 0 unspecified atom stereocenters. The Hall–Kier alpha value is -4.64. The normalized spacial score (nSPS) is 9.27. The number of fused-ring (bicyclic) bond motifs is 3. The number of aromatic nitrogens is 2. The molecule has 0 saturated carbocycles. The van der Waals surface area contributed by atoms with E-state index in [2.05, 4.69) is 58.5 Å². The number of hydrogen-bond donors (Lipinski definition) is 0. The van der Waals surface area contributed by atoms with E-state index < -0.39 is 0 Å². The first-order chi connectivity index (χ1) is 14.8. The fourth-order valence-electron chi connectivity index (χ4n) is 2.75. The second-order valence-corrected chi connectivity index (χ2v) is 6.05. The molecule has 0 fully saturated rings. The number of rotatable bonds is 2. The molecule has 0 aliphatic heterocycles. The third-order valence-corrected chi connectivity index (χ3v) is 4.23. The average molecular weight is 386 g/mol. The first kappa shape index (κ1) is 18.7. The zero-order valence-corrected chi connectivity index (χ0v) is 16.3. The average Bonchev–Trinajstić information content (AvgIpc) is 2.79. The minimum atomic E-state index is 0.566. The van der Waals surface area contributed by atoms with E-state index in [1.54, 1.807) is 32.7 Å². The minimum absolute atomic E-state index is 0.566. The first-order valence-corrected chi connectivity index (χ1v) is 9.00. The van der Waals surface area contributed by atoms with Crippen LogP contribution in [-0.2, 0) is 0 Å². The molecule has 0 spiro atoms. The Morgan fingerprint density at radius 2 is 1.10 bits per heavy atom. The van der Waals surface area contributed by atoms with Gasteiger partial charge in [-0.1, -0.05) is 18.2 Å². The predicted octanol–water partition coefficient (Wildman–Crippen LogP) is 4.60. The molecule has 30 heavy (non-hydrogen) atoms. The van der Waals surface area contributed by atoms with E-state index in [4.69, 9.17) is 9.47 Å². The molecule has 2 aromatic carbocycles. The summed E-state index contributed by atoms with van der Waals surface area (Å²) in [6, 6.07) is 35.2. The van der Waals surface area contributed by atoms with Crippen LogP contribution in [0.4, 0.5) is 0 Å². The first-order valence-electron chi connectivity index (χ1n) is 9.00. The third kappa shape index (κ3) is 3.95. The Bertz CT molecular complexity index is 1230. The van der Waals surface area contributed by atoms with Gasteiger partial charge in [-0.3, -0.25) is 0 Å². The highest BCUT2D eigenvalue weighted by Gasteiger charge is 2.04. The van der Waals surface area contributed by atoms with E-state index in [1.807, 2.05) is 30.3 Å². The summed E-state index contributed by atoms with van der Waals surface area (Å²) in [6.45, 7) is 0. The van der Waals surface area contributed by atoms with Crippen molar-refractivity contribution in [1.82, 2.24) is 9.97 Å². The number of nitrogens with zero attached hydrogens (tertiary/aromatic N) is 2. The molecule has 0 N–H and O–H groups in total. The summed E-state index contributed by atoms with van der Waals surface area (Å²) in [7, 11) is 3.17. The van der Waals surface area contributed by atoms with E-state index in [-0.39, 0.29) is 0 Å². The second-order valence-electron chi connectivity index (χ2n) is 6.05. The fourth-order valence-corrected chi connectivity index (χ4v) is 2.75. The molecule has 4 aromatic rings. The zero-order valence-electron chi connectivity index (χ0n) is 16.3. The van der Waals surface area contributed by atoms with Gasteiger partial charge in [0.05, 0.1) is 25.0 Å². The van der Waals surface area contributed by atoms with Crippen LogP contribution in [-0.4, -0.2) is 24.2 Å². The van der Waals surface area contributed by atoms with Gasteiger partial charge in [0.2, 0.25) is 0 Å². The van der Waals surface area contributed by atoms with Crippen LogP contribution < -0.4 is 9.47 Å². The van der Waals surface area contributed by atoms with Crippen LogP contribution in [0, 0.1) is 48.5 Å². The summed E-state index contributed by atoms with van der Waals surface area (Å²) in [5.41, 5.74) is 1.13. The van der Waals surface area contributed by atoms with Gasteiger partial charge in [0.1, 0.15) is 11.0 Å². The van der Waals surface area contributed by atoms with Crippen molar-refractivity contribution in [3.63, 3.8) is 0 Å². The molecule has 0 aliphatic carbocycles. The Labute approximate surface area is 175 Å². The molecular formula is C26H14N2O2. The maximum atomic E-state index is 5.43. The van der Waals surface area contributed by atoms with Crippen LogP contribution in [0.5, 0.6) is 11.5 Å². The largest absolute Gasteiger partial charge is 0.493 e. The lowest BCUT2D eigenvalue weighted by molar-refractivity contribution is 0.356. The molecule has 0 saturated heterocycles. The molecule has 0 amide bonds. The number of methoxy groups -OCH3 is 2. The summed E-state index contributed by atoms with van der Waals surface area (Å²) in [6.07, 6.45) is 3.36. The van der Waals surface area contributed by atoms with Crippen molar-refractivity contribution in [3.05, 3.63) is 97.3 Å². The third-order valence-electron chi connectivity index (χ3n) is 4.23. The lowest BCUT2D eigenvalue weighted by atomic mass is 10.2. The molecule has 0 bridgehead atoms. The molecule has 0 aliphatic rings. The zero-order chi connectivity index (χ0) is 20.8. The van der Waals surface area contributed by atoms with Crippen LogP contribution in [0.25, 0.3) is 32.6 Å². The minimum Gasteiger partial charge on any atom is -0.493 e. The van der Waals surface area contributed by atoms with Crippen LogP contribution in [0.2, 0.25) is 0 Å². The number of ether oxygens (including phenoxy) is 2. The van der Waals surface area contributed by atoms with Crippen molar-refractivity contribution < 1.29 is 9.47 Å². The number of benzene rings is 1. The van der Waals surface area contributed by atoms with Crippen LogP contribution in [0.1, 0.15) is 0 Å². The van der Waals surface area contributed by atoms with E-state index in [9.17, 15) is 0 Å². The lowest BCUT2D eigenvalue weighted by Crippen LogP contribution is -1.89. The van der Waals surface area contributed by atoms with Crippen LogP contribution >= 0.6 is 0 Å². The van der Waals surface area contributed by atoms with E-state index >= 15 is 0 Å². The molecule has 140 valence electrons. The summed E-state index contributed by atoms with van der Waals surface area (Å²) in [5.74, 6) is 1.14. The molecule has 0 radical (unpaired) electrons. The van der Waals surface area contributed by atoms with Gasteiger partial charge >= 0.3 is 0 Å². The Morgan fingerprint density at radius 3 is 1.73 bits per heavy atom. The van der Waals surface area contributed by atoms with Gasteiger partial charge in [-0.05, 0) is 54.6 Å². The molecular weight excluding hydrogens is 372 g/mol. The van der Waals surface area contributed by atoms with E-state index in [1.165, 1.54) is 0 Å². The molecule has 2 heterocycles. The number of hydrogen-bond acceptors (Lipinski definition) is 4. The van der Waals surface area contributed by atoms with Gasteiger partial charge in [-0.25, -0.2) is 9.97 Å². The van der Waals surface area contributed by atoms with Gasteiger partial charge in [0.25, 0.3) is 0 Å². The van der Waals surface area contributed by atoms with Crippen LogP contribution in [0.15, 0.2) is 48.8 Å². The number of pyridine rings is 2. The predicted molar refractivity (Wildman–Crippen MR) is 114 cm³/mol. The summed E-state index contributed by atoms with van der Waals surface area (Å²) < 4.78 is 10.9. The van der Waals surface area contributed by atoms with Crippen molar-refractivity contribution >= 4 is 32.6 Å². The van der Waals surface area contributed by atoms with E-state index in [0.29, 0.717) is 44.1 Å². The fraction of sp³-hybridized carbons (Fsp3) is 0.0769. The quantitative estimate of drug-likeness (QED) is 0.505. The molecule has 4 heteroatoms. The van der Waals surface area contributed by atoms with Crippen molar-refractivity contribution in [1.29, 1.82) is 0 Å². The molecule has 2 aromatic heterocycles. The van der Waals surface area contributed by atoms with Gasteiger partial charge in [-0.2, -0.15) is 0 Å². The highest BCUT2D eigenvalue weighted by Crippen LogP contribution is 2.30. The Morgan fingerprint density at radius 1 is 0.600 bits per heavy atom. The Kier molecular flexibility index (Phi) is 5.35. The van der Waals surface area contributed by atoms with Gasteiger partial charge in [-0.15, -0.1) is 0 Å². The maximum absolute atomic E-state index is 5.43. The highest BCUT2D eigenvalue weighted by molar-refractivity contribution is 5.84. The van der Waals surface area contributed by atoms with Crippen molar-refractivity contribution in [3.8, 4) is 11.5 Å². The maximum Gasteiger partial charge on any atom is 0.162 e. The van der Waals surface area contributed by atoms with Gasteiger partial charge in [0, 0.05) is 35.3 Å². The topological polar surface area (TPSA) is 44.2 Å². The lowest BCUT2D eigenvalue weighted by Gasteiger charge is -2.06. The van der Waals surface area contributed by atoms with E-state index in [0.717, 1.165) is 0 Å². The van der Waals surface area contributed by atoms with Crippen molar-refractivity contribution in [2.75, 3.05) is 14.2 Å². The van der Waals surface area contributed by atoms with Crippen molar-refractivity contribution in [2.24, 2.45) is 0 Å². The monoisotopic (exact) mass is 386 g/mol. The molecule has 4 rings (SSSR count). The SMILES string of the molecule is COc1cc2c#cc3cccnc3c#cc#cc3cccnc3c#cc2cc1OC. The highest BCUT2D eigenvalue weighted by atomic mass is 16.5. The van der Waals surface area contributed by atoms with Gasteiger partial charge in [0.15, 0.2) is 11.5 Å². The van der Waals surface area contributed by atoms with Crippen LogP contribution in [0.3, 0.4) is 0 Å². The van der Waals surface area contributed by atoms with Gasteiger partial charge < -0.3 is 9.47 Å². The Balaban J connectivity index is 2.15.